The molecule has 3 N–H and O–H groups in total. The number of thiazole rings is 1. The highest BCUT2D eigenvalue weighted by Gasteiger charge is 2.18. The molecule has 0 aliphatic carbocycles. The monoisotopic (exact) mass is 411 g/mol. The Kier molecular flexibility index (Phi) is 6.94. The van der Waals surface area contributed by atoms with Crippen LogP contribution in [0.3, 0.4) is 0 Å². The van der Waals surface area contributed by atoms with Crippen LogP contribution in [0.1, 0.15) is 39.9 Å². The van der Waals surface area contributed by atoms with Crippen molar-refractivity contribution in [2.75, 3.05) is 0 Å². The number of rotatable bonds is 8. The fourth-order valence-electron chi connectivity index (χ4n) is 2.66. The summed E-state index contributed by atoms with van der Waals surface area (Å²) >= 11 is 1.28. The van der Waals surface area contributed by atoms with Gasteiger partial charge < -0.3 is 10.1 Å². The summed E-state index contributed by atoms with van der Waals surface area (Å²) in [4.78, 5) is 28.4. The van der Waals surface area contributed by atoms with Crippen molar-refractivity contribution < 1.29 is 19.5 Å². The van der Waals surface area contributed by atoms with Crippen LogP contribution >= 0.6 is 11.3 Å². The van der Waals surface area contributed by atoms with Gasteiger partial charge in [0.1, 0.15) is 5.75 Å². The molecule has 0 unspecified atom stereocenters. The summed E-state index contributed by atoms with van der Waals surface area (Å²) in [6.07, 6.45) is 0.888. The summed E-state index contributed by atoms with van der Waals surface area (Å²) in [6.45, 7) is 1.99. The minimum Gasteiger partial charge on any atom is -0.471 e. The lowest BCUT2D eigenvalue weighted by atomic mass is 10.2. The molecule has 29 heavy (non-hydrogen) atoms. The van der Waals surface area contributed by atoms with Crippen LogP contribution in [0, 0.1) is 0 Å². The summed E-state index contributed by atoms with van der Waals surface area (Å²) in [5, 5.41) is 13.8. The Morgan fingerprint density at radius 3 is 2.48 bits per heavy atom. The molecular formula is C21H21N3O4S. The molecule has 1 heterocycles. The highest BCUT2D eigenvalue weighted by Crippen LogP contribution is 2.22. The van der Waals surface area contributed by atoms with Crippen LogP contribution in [0.2, 0.25) is 0 Å². The number of hydrogen-bond donors (Lipinski definition) is 3. The van der Waals surface area contributed by atoms with Crippen LogP contribution in [-0.4, -0.2) is 28.2 Å². The molecule has 2 amide bonds. The highest BCUT2D eigenvalue weighted by molar-refractivity contribution is 7.12. The molecule has 2 aromatic carbocycles. The maximum absolute atomic E-state index is 12.6. The molecule has 0 aliphatic rings. The van der Waals surface area contributed by atoms with Crippen LogP contribution in [0.5, 0.6) is 5.75 Å². The van der Waals surface area contributed by atoms with Gasteiger partial charge in [0.25, 0.3) is 11.8 Å². The van der Waals surface area contributed by atoms with Gasteiger partial charge in [0.05, 0.1) is 5.69 Å². The summed E-state index contributed by atoms with van der Waals surface area (Å²) < 4.78 is 5.86. The van der Waals surface area contributed by atoms with Gasteiger partial charge in [-0.2, -0.15) is 0 Å². The first-order valence-electron chi connectivity index (χ1n) is 9.13. The Morgan fingerprint density at radius 1 is 1.10 bits per heavy atom. The van der Waals surface area contributed by atoms with E-state index in [1.54, 1.807) is 17.6 Å². The minimum atomic E-state index is -0.604. The standard InChI is InChI=1S/C21H21N3O4S/c1-2-6-18(28-16-11-9-15(10-12-16)19(25)24-27)23-20(26)21-22-17(13-29-21)14-7-4-3-5-8-14/h3-5,7-13,18,27H,2,6H2,1H3,(H,23,26)(H,24,25)/t18-/m0/s1. The van der Waals surface area contributed by atoms with E-state index in [9.17, 15) is 9.59 Å². The molecule has 0 radical (unpaired) electrons. The number of hydrogen-bond acceptors (Lipinski definition) is 6. The van der Waals surface area contributed by atoms with Gasteiger partial charge in [-0.3, -0.25) is 14.8 Å². The third-order valence-electron chi connectivity index (χ3n) is 4.11. The molecule has 1 aromatic heterocycles. The van der Waals surface area contributed by atoms with Crippen molar-refractivity contribution in [2.24, 2.45) is 0 Å². The van der Waals surface area contributed by atoms with E-state index >= 15 is 0 Å². The normalized spacial score (nSPS) is 11.5. The molecule has 0 spiro atoms. The van der Waals surface area contributed by atoms with Gasteiger partial charge in [-0.1, -0.05) is 43.7 Å². The van der Waals surface area contributed by atoms with Crippen molar-refractivity contribution in [3.63, 3.8) is 0 Å². The Bertz CT molecular complexity index is 958. The van der Waals surface area contributed by atoms with Crippen LogP contribution in [0.15, 0.2) is 60.0 Å². The van der Waals surface area contributed by atoms with Gasteiger partial charge in [0.15, 0.2) is 11.2 Å². The molecule has 0 saturated heterocycles. The van der Waals surface area contributed by atoms with E-state index in [1.165, 1.54) is 23.5 Å². The predicted molar refractivity (Wildman–Crippen MR) is 110 cm³/mol. The Balaban J connectivity index is 1.66. The van der Waals surface area contributed by atoms with E-state index in [-0.39, 0.29) is 5.91 Å². The van der Waals surface area contributed by atoms with E-state index in [0.29, 0.717) is 22.7 Å². The number of benzene rings is 2. The quantitative estimate of drug-likeness (QED) is 0.297. The SMILES string of the molecule is CCC[C@@H](NC(=O)c1nc(-c2ccccc2)cs1)Oc1ccc(C(=O)NO)cc1. The molecular weight excluding hydrogens is 390 g/mol. The molecule has 0 bridgehead atoms. The number of ether oxygens (including phenoxy) is 1. The first-order valence-corrected chi connectivity index (χ1v) is 10.0. The number of carbonyl (C=O) groups is 2. The second-order valence-corrected chi connectivity index (χ2v) is 7.10. The zero-order valence-electron chi connectivity index (χ0n) is 15.8. The fourth-order valence-corrected chi connectivity index (χ4v) is 3.39. The average Bonchev–Trinajstić information content (AvgIpc) is 3.25. The summed E-state index contributed by atoms with van der Waals surface area (Å²) in [7, 11) is 0. The van der Waals surface area contributed by atoms with Gasteiger partial charge in [-0.15, -0.1) is 11.3 Å². The molecule has 3 rings (SSSR count). The molecule has 0 aliphatic heterocycles. The van der Waals surface area contributed by atoms with Gasteiger partial charge in [-0.05, 0) is 24.3 Å². The zero-order chi connectivity index (χ0) is 20.6. The first-order chi connectivity index (χ1) is 14.1. The van der Waals surface area contributed by atoms with E-state index < -0.39 is 12.1 Å². The number of aromatic nitrogens is 1. The second-order valence-electron chi connectivity index (χ2n) is 6.24. The second kappa shape index (κ2) is 9.81. The fraction of sp³-hybridized carbons (Fsp3) is 0.190. The van der Waals surface area contributed by atoms with E-state index in [4.69, 9.17) is 9.94 Å². The minimum absolute atomic E-state index is 0.298. The van der Waals surface area contributed by atoms with Crippen molar-refractivity contribution >= 4 is 23.2 Å². The zero-order valence-corrected chi connectivity index (χ0v) is 16.6. The van der Waals surface area contributed by atoms with Gasteiger partial charge in [-0.25, -0.2) is 10.5 Å². The number of nitrogens with one attached hydrogen (secondary N) is 2. The van der Waals surface area contributed by atoms with Gasteiger partial charge in [0.2, 0.25) is 0 Å². The number of amides is 2. The lowest BCUT2D eigenvalue weighted by Crippen LogP contribution is -2.39. The van der Waals surface area contributed by atoms with Crippen molar-refractivity contribution in [3.8, 4) is 17.0 Å². The van der Waals surface area contributed by atoms with Gasteiger partial charge in [0, 0.05) is 22.9 Å². The third-order valence-corrected chi connectivity index (χ3v) is 4.95. The molecule has 8 heteroatoms. The molecule has 0 fully saturated rings. The molecule has 7 nitrogen and oxygen atoms in total. The van der Waals surface area contributed by atoms with Crippen molar-refractivity contribution in [2.45, 2.75) is 26.0 Å². The maximum atomic E-state index is 12.6. The Morgan fingerprint density at radius 2 is 1.83 bits per heavy atom. The number of nitrogens with zero attached hydrogens (tertiary/aromatic N) is 1. The molecule has 0 saturated carbocycles. The van der Waals surface area contributed by atoms with Crippen molar-refractivity contribution in [3.05, 3.63) is 70.5 Å². The molecule has 150 valence electrons. The van der Waals surface area contributed by atoms with E-state index in [0.717, 1.165) is 17.7 Å². The van der Waals surface area contributed by atoms with E-state index in [1.807, 2.05) is 42.6 Å². The lowest BCUT2D eigenvalue weighted by molar-refractivity contribution is 0.0706. The Labute approximate surface area is 172 Å². The van der Waals surface area contributed by atoms with Crippen molar-refractivity contribution in [1.82, 2.24) is 15.8 Å². The van der Waals surface area contributed by atoms with Crippen LogP contribution < -0.4 is 15.5 Å². The highest BCUT2D eigenvalue weighted by atomic mass is 32.1. The molecule has 1 atom stereocenters. The third kappa shape index (κ3) is 5.40. The van der Waals surface area contributed by atoms with Crippen LogP contribution in [0.25, 0.3) is 11.3 Å². The van der Waals surface area contributed by atoms with Gasteiger partial charge >= 0.3 is 0 Å². The smallest absolute Gasteiger partial charge is 0.283 e. The number of carbonyl (C=O) groups excluding carboxylic acids is 2. The van der Waals surface area contributed by atoms with Crippen LogP contribution in [-0.2, 0) is 0 Å². The average molecular weight is 411 g/mol. The summed E-state index contributed by atoms with van der Waals surface area (Å²) in [6, 6.07) is 15.9. The summed E-state index contributed by atoms with van der Waals surface area (Å²) in [5.74, 6) is -0.401. The maximum Gasteiger partial charge on any atom is 0.283 e. The van der Waals surface area contributed by atoms with E-state index in [2.05, 4.69) is 10.3 Å². The molecule has 3 aromatic rings. The van der Waals surface area contributed by atoms with Crippen LogP contribution in [0.4, 0.5) is 0 Å². The lowest BCUT2D eigenvalue weighted by Gasteiger charge is -2.19. The topological polar surface area (TPSA) is 101 Å². The first kappa shape index (κ1) is 20.5. The predicted octanol–water partition coefficient (Wildman–Crippen LogP) is 3.86. The largest absolute Gasteiger partial charge is 0.471 e. The number of hydroxylamine groups is 1. The van der Waals surface area contributed by atoms with Crippen molar-refractivity contribution in [1.29, 1.82) is 0 Å². The Hall–Kier alpha value is -3.23. The summed E-state index contributed by atoms with van der Waals surface area (Å²) in [5.41, 5.74) is 3.59.